The standard InChI is InChI=1S/C8H14O3/c1-2-10-8(9)7-5-3-4-6-11-7/h7H,2-6H2,1H3/t7-/m1/s1. The van der Waals surface area contributed by atoms with Crippen molar-refractivity contribution in [2.75, 3.05) is 13.2 Å². The average molecular weight is 158 g/mol. The largest absolute Gasteiger partial charge is 0.464 e. The van der Waals surface area contributed by atoms with Gasteiger partial charge in [-0.3, -0.25) is 0 Å². The van der Waals surface area contributed by atoms with E-state index in [4.69, 9.17) is 9.47 Å². The number of carbonyl (C=O) groups excluding carboxylic acids is 1. The fourth-order valence-electron chi connectivity index (χ4n) is 1.16. The molecule has 0 bridgehead atoms. The van der Waals surface area contributed by atoms with Crippen LogP contribution in [-0.4, -0.2) is 25.3 Å². The van der Waals surface area contributed by atoms with E-state index in [9.17, 15) is 4.79 Å². The van der Waals surface area contributed by atoms with Gasteiger partial charge in [0, 0.05) is 6.61 Å². The van der Waals surface area contributed by atoms with Crippen molar-refractivity contribution in [1.82, 2.24) is 0 Å². The third-order valence-corrected chi connectivity index (χ3v) is 1.73. The molecule has 0 unspecified atom stereocenters. The lowest BCUT2D eigenvalue weighted by Crippen LogP contribution is -2.29. The van der Waals surface area contributed by atoms with Crippen molar-refractivity contribution in [2.24, 2.45) is 0 Å². The summed E-state index contributed by atoms with van der Waals surface area (Å²) in [6.45, 7) is 2.95. The highest BCUT2D eigenvalue weighted by molar-refractivity contribution is 5.74. The minimum Gasteiger partial charge on any atom is -0.464 e. The first-order valence-electron chi connectivity index (χ1n) is 4.13. The van der Waals surface area contributed by atoms with Crippen molar-refractivity contribution in [3.63, 3.8) is 0 Å². The van der Waals surface area contributed by atoms with Crippen molar-refractivity contribution in [2.45, 2.75) is 32.3 Å². The zero-order chi connectivity index (χ0) is 8.10. The maximum Gasteiger partial charge on any atom is 0.335 e. The third kappa shape index (κ3) is 2.50. The zero-order valence-electron chi connectivity index (χ0n) is 6.84. The van der Waals surface area contributed by atoms with Gasteiger partial charge in [-0.05, 0) is 26.2 Å². The third-order valence-electron chi connectivity index (χ3n) is 1.73. The van der Waals surface area contributed by atoms with Crippen LogP contribution in [0.25, 0.3) is 0 Å². The van der Waals surface area contributed by atoms with Gasteiger partial charge in [0.2, 0.25) is 0 Å². The molecule has 11 heavy (non-hydrogen) atoms. The molecule has 1 saturated heterocycles. The summed E-state index contributed by atoms with van der Waals surface area (Å²) in [5, 5.41) is 0. The molecule has 0 aromatic carbocycles. The Hall–Kier alpha value is -0.570. The van der Waals surface area contributed by atoms with Gasteiger partial charge in [0.25, 0.3) is 0 Å². The Morgan fingerprint density at radius 2 is 2.45 bits per heavy atom. The molecule has 0 aliphatic carbocycles. The number of ether oxygens (including phenoxy) is 2. The number of hydrogen-bond acceptors (Lipinski definition) is 3. The van der Waals surface area contributed by atoms with E-state index in [-0.39, 0.29) is 12.1 Å². The molecule has 0 aromatic rings. The summed E-state index contributed by atoms with van der Waals surface area (Å²) in [5.41, 5.74) is 0. The molecule has 0 spiro atoms. The van der Waals surface area contributed by atoms with Gasteiger partial charge in [0.05, 0.1) is 6.61 Å². The number of rotatable bonds is 2. The summed E-state index contributed by atoms with van der Waals surface area (Å²) in [6.07, 6.45) is 2.67. The molecule has 64 valence electrons. The molecule has 1 atom stereocenters. The van der Waals surface area contributed by atoms with Gasteiger partial charge >= 0.3 is 5.97 Å². The van der Waals surface area contributed by atoms with Crippen LogP contribution in [0.15, 0.2) is 0 Å². The van der Waals surface area contributed by atoms with Crippen LogP contribution < -0.4 is 0 Å². The second-order valence-electron chi connectivity index (χ2n) is 2.61. The first-order chi connectivity index (χ1) is 5.34. The summed E-state index contributed by atoms with van der Waals surface area (Å²) in [4.78, 5) is 11.1. The van der Waals surface area contributed by atoms with E-state index >= 15 is 0 Å². The quantitative estimate of drug-likeness (QED) is 0.565. The predicted molar refractivity (Wildman–Crippen MR) is 40.2 cm³/mol. The highest BCUT2D eigenvalue weighted by Crippen LogP contribution is 2.13. The summed E-state index contributed by atoms with van der Waals surface area (Å²) in [7, 11) is 0. The van der Waals surface area contributed by atoms with E-state index < -0.39 is 0 Å². The van der Waals surface area contributed by atoms with Crippen LogP contribution in [0.4, 0.5) is 0 Å². The Morgan fingerprint density at radius 1 is 1.64 bits per heavy atom. The summed E-state index contributed by atoms with van der Waals surface area (Å²) < 4.78 is 10.0. The van der Waals surface area contributed by atoms with Crippen molar-refractivity contribution in [3.05, 3.63) is 0 Å². The van der Waals surface area contributed by atoms with Crippen LogP contribution in [0.3, 0.4) is 0 Å². The normalized spacial score (nSPS) is 24.6. The molecular formula is C8H14O3. The fourth-order valence-corrected chi connectivity index (χ4v) is 1.16. The summed E-state index contributed by atoms with van der Waals surface area (Å²) in [5.74, 6) is -0.202. The zero-order valence-corrected chi connectivity index (χ0v) is 6.84. The van der Waals surface area contributed by atoms with Crippen LogP contribution >= 0.6 is 0 Å². The van der Waals surface area contributed by atoms with Crippen molar-refractivity contribution < 1.29 is 14.3 Å². The molecule has 0 radical (unpaired) electrons. The summed E-state index contributed by atoms with van der Waals surface area (Å²) in [6, 6.07) is 0. The van der Waals surface area contributed by atoms with Gasteiger partial charge in [0.15, 0.2) is 6.10 Å². The lowest BCUT2D eigenvalue weighted by Gasteiger charge is -2.20. The van der Waals surface area contributed by atoms with Gasteiger partial charge in [-0.15, -0.1) is 0 Å². The van der Waals surface area contributed by atoms with Crippen LogP contribution in [-0.2, 0) is 14.3 Å². The highest BCUT2D eigenvalue weighted by Gasteiger charge is 2.22. The first-order valence-corrected chi connectivity index (χ1v) is 4.13. The Kier molecular flexibility index (Phi) is 3.36. The van der Waals surface area contributed by atoms with E-state index in [0.717, 1.165) is 19.3 Å². The number of hydrogen-bond donors (Lipinski definition) is 0. The maximum atomic E-state index is 11.1. The van der Waals surface area contributed by atoms with Crippen LogP contribution in [0.5, 0.6) is 0 Å². The van der Waals surface area contributed by atoms with Crippen molar-refractivity contribution in [1.29, 1.82) is 0 Å². The molecule has 0 N–H and O–H groups in total. The minimum atomic E-state index is -0.288. The van der Waals surface area contributed by atoms with Crippen LogP contribution in [0, 0.1) is 0 Å². The molecule has 0 amide bonds. The van der Waals surface area contributed by atoms with Gasteiger partial charge in [-0.1, -0.05) is 0 Å². The van der Waals surface area contributed by atoms with Crippen molar-refractivity contribution >= 4 is 5.97 Å². The Balaban J connectivity index is 2.27. The van der Waals surface area contributed by atoms with Crippen molar-refractivity contribution in [3.8, 4) is 0 Å². The number of carbonyl (C=O) groups is 1. The molecule has 0 saturated carbocycles. The first kappa shape index (κ1) is 8.53. The lowest BCUT2D eigenvalue weighted by molar-refractivity contribution is -0.159. The van der Waals surface area contributed by atoms with Gasteiger partial charge in [0.1, 0.15) is 0 Å². The fraction of sp³-hybridized carbons (Fsp3) is 0.875. The Labute approximate surface area is 66.7 Å². The Bertz CT molecular complexity index is 127. The highest BCUT2D eigenvalue weighted by atomic mass is 16.6. The summed E-state index contributed by atoms with van der Waals surface area (Å²) >= 11 is 0. The molecule has 1 rings (SSSR count). The van der Waals surface area contributed by atoms with Gasteiger partial charge < -0.3 is 9.47 Å². The average Bonchev–Trinajstić information content (AvgIpc) is 2.07. The topological polar surface area (TPSA) is 35.5 Å². The minimum absolute atomic E-state index is 0.202. The second kappa shape index (κ2) is 4.34. The lowest BCUT2D eigenvalue weighted by atomic mass is 10.1. The Morgan fingerprint density at radius 3 is 3.00 bits per heavy atom. The number of esters is 1. The van der Waals surface area contributed by atoms with Gasteiger partial charge in [-0.2, -0.15) is 0 Å². The monoisotopic (exact) mass is 158 g/mol. The molecule has 3 heteroatoms. The molecule has 1 heterocycles. The van der Waals surface area contributed by atoms with Gasteiger partial charge in [-0.25, -0.2) is 4.79 Å². The smallest absolute Gasteiger partial charge is 0.335 e. The van der Waals surface area contributed by atoms with E-state index in [2.05, 4.69) is 0 Å². The van der Waals surface area contributed by atoms with Crippen LogP contribution in [0.1, 0.15) is 26.2 Å². The van der Waals surface area contributed by atoms with Crippen LogP contribution in [0.2, 0.25) is 0 Å². The molecular weight excluding hydrogens is 144 g/mol. The van der Waals surface area contributed by atoms with E-state index in [1.807, 2.05) is 0 Å². The molecule has 1 aliphatic rings. The SMILES string of the molecule is CCOC(=O)[C@H]1CCCCO1. The maximum absolute atomic E-state index is 11.1. The van der Waals surface area contributed by atoms with E-state index in [1.54, 1.807) is 6.92 Å². The molecule has 1 aliphatic heterocycles. The molecule has 1 fully saturated rings. The predicted octanol–water partition coefficient (Wildman–Crippen LogP) is 1.12. The molecule has 3 nitrogen and oxygen atoms in total. The van der Waals surface area contributed by atoms with E-state index in [0.29, 0.717) is 13.2 Å². The second-order valence-corrected chi connectivity index (χ2v) is 2.61. The molecule has 0 aromatic heterocycles. The van der Waals surface area contributed by atoms with E-state index in [1.165, 1.54) is 0 Å².